The molecule has 208 valence electrons. The van der Waals surface area contributed by atoms with Gasteiger partial charge in [0.15, 0.2) is 0 Å². The van der Waals surface area contributed by atoms with Gasteiger partial charge in [0.25, 0.3) is 0 Å². The maximum Gasteiger partial charge on any atom is 0.224 e. The number of nitrogens with one attached hydrogen (secondary N) is 1. The van der Waals surface area contributed by atoms with Crippen LogP contribution in [0.15, 0.2) is 24.3 Å². The van der Waals surface area contributed by atoms with Crippen molar-refractivity contribution in [3.05, 3.63) is 24.3 Å². The zero-order valence-electron chi connectivity index (χ0n) is 22.6. The number of carbonyl (C=O) groups excluding carboxylic acids is 1. The molecule has 1 atom stereocenters. The molecule has 0 aliphatic carbocycles. The standard InChI is InChI=1S/C26H46N2O6S2/c1-21(2)19-32-16-17-33-25(35-36-26(3,4)5)20-34-23-9-6-8-22(18-23)28-24(29)10-7-12-30-14-15-31-13-11-27/h6,8-9,18,21,25H,7,10-17,19-20,27H2,1-5H3,(H,28,29). The Kier molecular flexibility index (Phi) is 18.4. The third kappa shape index (κ3) is 19.1. The first-order chi connectivity index (χ1) is 17.2. The van der Waals surface area contributed by atoms with Gasteiger partial charge in [0, 0.05) is 42.7 Å². The lowest BCUT2D eigenvalue weighted by Crippen LogP contribution is -2.21. The van der Waals surface area contributed by atoms with Gasteiger partial charge < -0.3 is 34.7 Å². The van der Waals surface area contributed by atoms with Crippen molar-refractivity contribution in [2.75, 3.05) is 64.7 Å². The number of rotatable bonds is 21. The summed E-state index contributed by atoms with van der Waals surface area (Å²) in [7, 11) is 3.43. The molecule has 0 bridgehead atoms. The molecule has 0 aliphatic rings. The summed E-state index contributed by atoms with van der Waals surface area (Å²) in [6, 6.07) is 7.41. The third-order valence-electron chi connectivity index (χ3n) is 4.22. The molecule has 0 saturated carbocycles. The molecule has 0 aliphatic heterocycles. The molecule has 3 N–H and O–H groups in total. The molecule has 0 saturated heterocycles. The minimum absolute atomic E-state index is 0.0603. The first kappa shape index (κ1) is 33.0. The van der Waals surface area contributed by atoms with E-state index in [9.17, 15) is 4.79 Å². The van der Waals surface area contributed by atoms with E-state index in [1.165, 1.54) is 0 Å². The van der Waals surface area contributed by atoms with Crippen LogP contribution in [0.4, 0.5) is 5.69 Å². The number of benzene rings is 1. The van der Waals surface area contributed by atoms with Crippen molar-refractivity contribution in [1.82, 2.24) is 0 Å². The fourth-order valence-electron chi connectivity index (χ4n) is 2.65. The number of ether oxygens (including phenoxy) is 5. The van der Waals surface area contributed by atoms with Crippen LogP contribution in [0.1, 0.15) is 47.5 Å². The van der Waals surface area contributed by atoms with Gasteiger partial charge in [-0.25, -0.2) is 0 Å². The second kappa shape index (κ2) is 20.0. The maximum atomic E-state index is 12.3. The fraction of sp³-hybridized carbons (Fsp3) is 0.731. The molecule has 8 nitrogen and oxygen atoms in total. The lowest BCUT2D eigenvalue weighted by atomic mass is 10.2. The van der Waals surface area contributed by atoms with Crippen LogP contribution >= 0.6 is 21.6 Å². The van der Waals surface area contributed by atoms with Crippen molar-refractivity contribution < 1.29 is 28.5 Å². The zero-order valence-corrected chi connectivity index (χ0v) is 24.2. The molecule has 1 rings (SSSR count). The van der Waals surface area contributed by atoms with Gasteiger partial charge in [0.1, 0.15) is 17.8 Å². The average molecular weight is 547 g/mol. The largest absolute Gasteiger partial charge is 0.490 e. The second-order valence-corrected chi connectivity index (χ2v) is 12.8. The highest BCUT2D eigenvalue weighted by atomic mass is 33.1. The Hall–Kier alpha value is -1.01. The van der Waals surface area contributed by atoms with E-state index in [-0.39, 0.29) is 16.1 Å². The molecule has 0 heterocycles. The average Bonchev–Trinajstić information content (AvgIpc) is 2.81. The van der Waals surface area contributed by atoms with Gasteiger partial charge in [-0.15, -0.1) is 0 Å². The highest BCUT2D eigenvalue weighted by molar-refractivity contribution is 8.77. The van der Waals surface area contributed by atoms with Gasteiger partial charge >= 0.3 is 0 Å². The number of nitrogens with two attached hydrogens (primary N) is 1. The minimum atomic E-state index is -0.143. The summed E-state index contributed by atoms with van der Waals surface area (Å²) in [4.78, 5) is 12.3. The molecule has 1 amide bonds. The van der Waals surface area contributed by atoms with Crippen molar-refractivity contribution in [2.45, 2.75) is 57.6 Å². The molecular formula is C26H46N2O6S2. The van der Waals surface area contributed by atoms with Crippen LogP contribution in [0.3, 0.4) is 0 Å². The van der Waals surface area contributed by atoms with Gasteiger partial charge in [0.05, 0.1) is 33.0 Å². The number of carbonyl (C=O) groups is 1. The monoisotopic (exact) mass is 546 g/mol. The quantitative estimate of drug-likeness (QED) is 0.126. The number of amides is 1. The first-order valence-corrected chi connectivity index (χ1v) is 14.8. The normalized spacial score (nSPS) is 12.6. The Balaban J connectivity index is 2.41. The van der Waals surface area contributed by atoms with Crippen molar-refractivity contribution in [3.8, 4) is 5.75 Å². The highest BCUT2D eigenvalue weighted by Crippen LogP contribution is 2.38. The van der Waals surface area contributed by atoms with E-state index in [4.69, 9.17) is 29.4 Å². The molecule has 0 spiro atoms. The van der Waals surface area contributed by atoms with Gasteiger partial charge in [-0.1, -0.05) is 62.3 Å². The fourth-order valence-corrected chi connectivity index (χ4v) is 4.84. The van der Waals surface area contributed by atoms with E-state index in [1.807, 2.05) is 24.3 Å². The number of hydrogen-bond acceptors (Lipinski definition) is 9. The molecule has 10 heteroatoms. The molecule has 0 radical (unpaired) electrons. The number of hydrogen-bond donors (Lipinski definition) is 2. The Morgan fingerprint density at radius 2 is 1.72 bits per heavy atom. The zero-order chi connectivity index (χ0) is 26.7. The van der Waals surface area contributed by atoms with Gasteiger partial charge in [-0.3, -0.25) is 4.79 Å². The summed E-state index contributed by atoms with van der Waals surface area (Å²) in [5.41, 5.74) is 5.91. The lowest BCUT2D eigenvalue weighted by molar-refractivity contribution is -0.116. The number of anilines is 1. The van der Waals surface area contributed by atoms with E-state index in [2.05, 4.69) is 39.9 Å². The molecule has 0 fully saturated rings. The summed E-state index contributed by atoms with van der Waals surface area (Å²) in [6.07, 6.45) is 1.02. The van der Waals surface area contributed by atoms with E-state index in [1.54, 1.807) is 21.6 Å². The van der Waals surface area contributed by atoms with Crippen molar-refractivity contribution in [1.29, 1.82) is 0 Å². The van der Waals surface area contributed by atoms with Crippen LogP contribution in [0.5, 0.6) is 5.75 Å². The molecule has 36 heavy (non-hydrogen) atoms. The smallest absolute Gasteiger partial charge is 0.224 e. The molecule has 0 aromatic heterocycles. The Labute approximate surface area is 225 Å². The van der Waals surface area contributed by atoms with Gasteiger partial charge in [-0.05, 0) is 24.5 Å². The Morgan fingerprint density at radius 1 is 1.00 bits per heavy atom. The maximum absolute atomic E-state index is 12.3. The lowest BCUT2D eigenvalue weighted by Gasteiger charge is -2.22. The van der Waals surface area contributed by atoms with Crippen LogP contribution in [-0.4, -0.2) is 75.5 Å². The van der Waals surface area contributed by atoms with Crippen molar-refractivity contribution in [3.63, 3.8) is 0 Å². The molecule has 1 aromatic rings. The van der Waals surface area contributed by atoms with Crippen molar-refractivity contribution in [2.24, 2.45) is 11.7 Å². The SMILES string of the molecule is CC(C)COCCOC(COc1cccc(NC(=O)CCCOCCOCCN)c1)SSC(C)(C)C. The first-order valence-electron chi connectivity index (χ1n) is 12.6. The van der Waals surface area contributed by atoms with E-state index in [0.717, 1.165) is 6.61 Å². The Morgan fingerprint density at radius 3 is 2.42 bits per heavy atom. The summed E-state index contributed by atoms with van der Waals surface area (Å²) in [6.45, 7) is 15.5. The highest BCUT2D eigenvalue weighted by Gasteiger charge is 2.18. The van der Waals surface area contributed by atoms with Crippen LogP contribution in [0.2, 0.25) is 0 Å². The van der Waals surface area contributed by atoms with Gasteiger partial charge in [-0.2, -0.15) is 0 Å². The van der Waals surface area contributed by atoms with Crippen LogP contribution in [0, 0.1) is 5.92 Å². The third-order valence-corrected chi connectivity index (χ3v) is 7.73. The summed E-state index contributed by atoms with van der Waals surface area (Å²) in [5, 5.41) is 2.92. The minimum Gasteiger partial charge on any atom is -0.490 e. The predicted molar refractivity (Wildman–Crippen MR) is 151 cm³/mol. The predicted octanol–water partition coefficient (Wildman–Crippen LogP) is 4.97. The van der Waals surface area contributed by atoms with Crippen LogP contribution in [-0.2, 0) is 23.7 Å². The second-order valence-electron chi connectivity index (χ2n) is 9.57. The summed E-state index contributed by atoms with van der Waals surface area (Å²) in [5.74, 6) is 1.12. The Bertz CT molecular complexity index is 703. The van der Waals surface area contributed by atoms with Crippen LogP contribution in [0.25, 0.3) is 0 Å². The topological polar surface area (TPSA) is 101 Å². The van der Waals surface area contributed by atoms with Crippen molar-refractivity contribution >= 4 is 33.2 Å². The van der Waals surface area contributed by atoms with E-state index >= 15 is 0 Å². The summed E-state index contributed by atoms with van der Waals surface area (Å²) < 4.78 is 28.5. The summed E-state index contributed by atoms with van der Waals surface area (Å²) >= 11 is 0. The van der Waals surface area contributed by atoms with Gasteiger partial charge in [0.2, 0.25) is 5.91 Å². The molecule has 1 aromatic carbocycles. The van der Waals surface area contributed by atoms with E-state index < -0.39 is 0 Å². The van der Waals surface area contributed by atoms with E-state index in [0.29, 0.717) is 83.0 Å². The van der Waals surface area contributed by atoms with Crippen LogP contribution < -0.4 is 15.8 Å². The molecule has 1 unspecified atom stereocenters. The molecular weight excluding hydrogens is 500 g/mol.